The van der Waals surface area contributed by atoms with Crippen LogP contribution in [0.25, 0.3) is 0 Å². The van der Waals surface area contributed by atoms with Crippen molar-refractivity contribution in [3.05, 3.63) is 0 Å². The van der Waals surface area contributed by atoms with Crippen LogP contribution in [0.1, 0.15) is 57.8 Å². The third-order valence-electron chi connectivity index (χ3n) is 4.18. The van der Waals surface area contributed by atoms with Crippen LogP contribution in [0.2, 0.25) is 0 Å². The number of hydrogen-bond acceptors (Lipinski definition) is 2. The summed E-state index contributed by atoms with van der Waals surface area (Å²) in [5.41, 5.74) is 0. The molecule has 0 aromatic rings. The lowest BCUT2D eigenvalue weighted by atomic mass is 9.87. The normalized spacial score (nSPS) is 24.6. The zero-order valence-electron chi connectivity index (χ0n) is 11.2. The zero-order valence-corrected chi connectivity index (χ0v) is 12.1. The van der Waals surface area contributed by atoms with Crippen molar-refractivity contribution < 1.29 is 4.79 Å². The van der Waals surface area contributed by atoms with Gasteiger partial charge in [-0.25, -0.2) is 0 Å². The van der Waals surface area contributed by atoms with Gasteiger partial charge in [-0.1, -0.05) is 19.3 Å². The highest BCUT2D eigenvalue weighted by Crippen LogP contribution is 2.25. The lowest BCUT2D eigenvalue weighted by Gasteiger charge is -2.21. The van der Waals surface area contributed by atoms with Crippen molar-refractivity contribution in [2.24, 2.45) is 5.92 Å². The number of halogens is 1. The van der Waals surface area contributed by atoms with Crippen LogP contribution in [-0.4, -0.2) is 25.0 Å². The Balaban J connectivity index is 0.00000162. The second kappa shape index (κ2) is 8.76. The molecule has 2 rings (SSSR count). The Morgan fingerprint density at radius 2 is 1.89 bits per heavy atom. The van der Waals surface area contributed by atoms with Gasteiger partial charge in [0.25, 0.3) is 0 Å². The Hall–Kier alpha value is -0.280. The molecule has 106 valence electrons. The fraction of sp³-hybridized carbons (Fsp3) is 0.929. The largest absolute Gasteiger partial charge is 0.356 e. The molecular formula is C14H27ClN2O. The molecule has 2 N–H and O–H groups in total. The van der Waals surface area contributed by atoms with E-state index in [4.69, 9.17) is 0 Å². The average molecular weight is 275 g/mol. The Morgan fingerprint density at radius 3 is 2.56 bits per heavy atom. The van der Waals surface area contributed by atoms with Crippen LogP contribution in [0.15, 0.2) is 0 Å². The first kappa shape index (κ1) is 15.8. The second-order valence-electron chi connectivity index (χ2n) is 5.64. The number of amides is 1. The molecule has 2 fully saturated rings. The monoisotopic (exact) mass is 274 g/mol. The summed E-state index contributed by atoms with van der Waals surface area (Å²) in [5.74, 6) is 0.934. The zero-order chi connectivity index (χ0) is 11.9. The Bertz CT molecular complexity index is 236. The van der Waals surface area contributed by atoms with Crippen LogP contribution in [-0.2, 0) is 4.79 Å². The molecule has 0 unspecified atom stereocenters. The van der Waals surface area contributed by atoms with Crippen molar-refractivity contribution >= 4 is 18.3 Å². The van der Waals surface area contributed by atoms with Gasteiger partial charge in [0.05, 0.1) is 0 Å². The van der Waals surface area contributed by atoms with Crippen molar-refractivity contribution in [1.29, 1.82) is 0 Å². The van der Waals surface area contributed by atoms with E-state index in [1.165, 1.54) is 44.9 Å². The van der Waals surface area contributed by atoms with Crippen molar-refractivity contribution in [3.63, 3.8) is 0 Å². The summed E-state index contributed by atoms with van der Waals surface area (Å²) in [4.78, 5) is 11.8. The van der Waals surface area contributed by atoms with Crippen molar-refractivity contribution in [2.45, 2.75) is 63.8 Å². The Morgan fingerprint density at radius 1 is 1.11 bits per heavy atom. The van der Waals surface area contributed by atoms with E-state index in [2.05, 4.69) is 10.6 Å². The molecule has 1 aliphatic carbocycles. The van der Waals surface area contributed by atoms with Crippen LogP contribution in [0.4, 0.5) is 0 Å². The minimum Gasteiger partial charge on any atom is -0.356 e. The van der Waals surface area contributed by atoms with E-state index < -0.39 is 0 Å². The maximum absolute atomic E-state index is 11.8. The molecule has 0 radical (unpaired) electrons. The van der Waals surface area contributed by atoms with E-state index in [-0.39, 0.29) is 18.3 Å². The Labute approximate surface area is 117 Å². The van der Waals surface area contributed by atoms with Crippen LogP contribution in [0.3, 0.4) is 0 Å². The lowest BCUT2D eigenvalue weighted by Crippen LogP contribution is -2.31. The molecule has 1 aliphatic heterocycles. The van der Waals surface area contributed by atoms with E-state index in [0.717, 1.165) is 25.9 Å². The minimum atomic E-state index is 0. The van der Waals surface area contributed by atoms with Crippen molar-refractivity contribution in [1.82, 2.24) is 10.6 Å². The summed E-state index contributed by atoms with van der Waals surface area (Å²) in [6.45, 7) is 2.00. The van der Waals surface area contributed by atoms with Gasteiger partial charge in [-0.3, -0.25) is 4.79 Å². The van der Waals surface area contributed by atoms with Gasteiger partial charge in [0, 0.05) is 19.0 Å². The molecule has 4 heteroatoms. The second-order valence-corrected chi connectivity index (χ2v) is 5.64. The quantitative estimate of drug-likeness (QED) is 0.809. The number of carbonyl (C=O) groups is 1. The standard InChI is InChI=1S/C14H26N2O.ClH/c17-14(11-12-5-2-1-3-6-12)16-10-8-13-7-4-9-15-13;/h12-13,15H,1-11H2,(H,16,17);1H/t13-;/m1./s1. The molecule has 1 saturated heterocycles. The van der Waals surface area contributed by atoms with Crippen LogP contribution in [0, 0.1) is 5.92 Å². The van der Waals surface area contributed by atoms with Gasteiger partial charge in [-0.05, 0) is 44.6 Å². The first-order valence-electron chi connectivity index (χ1n) is 7.34. The molecule has 1 amide bonds. The van der Waals surface area contributed by atoms with E-state index in [1.54, 1.807) is 0 Å². The molecule has 2 aliphatic rings. The molecule has 1 atom stereocenters. The predicted molar refractivity (Wildman–Crippen MR) is 77.1 cm³/mol. The molecule has 0 bridgehead atoms. The molecule has 0 aromatic heterocycles. The fourth-order valence-corrected chi connectivity index (χ4v) is 3.11. The minimum absolute atomic E-state index is 0. The summed E-state index contributed by atoms with van der Waals surface area (Å²) in [6, 6.07) is 0.644. The first-order chi connectivity index (χ1) is 8.34. The van der Waals surface area contributed by atoms with Gasteiger partial charge in [0.15, 0.2) is 0 Å². The highest BCUT2D eigenvalue weighted by molar-refractivity contribution is 5.85. The van der Waals surface area contributed by atoms with Crippen LogP contribution >= 0.6 is 12.4 Å². The van der Waals surface area contributed by atoms with Gasteiger partial charge in [0.1, 0.15) is 0 Å². The summed E-state index contributed by atoms with van der Waals surface area (Å²) in [6.07, 6.45) is 11.0. The predicted octanol–water partition coefficient (Wildman–Crippen LogP) is 2.64. The fourth-order valence-electron chi connectivity index (χ4n) is 3.11. The topological polar surface area (TPSA) is 41.1 Å². The van der Waals surface area contributed by atoms with Gasteiger partial charge >= 0.3 is 0 Å². The Kier molecular flexibility index (Phi) is 7.68. The molecule has 18 heavy (non-hydrogen) atoms. The van der Waals surface area contributed by atoms with Gasteiger partial charge in [-0.2, -0.15) is 0 Å². The third-order valence-corrected chi connectivity index (χ3v) is 4.18. The van der Waals surface area contributed by atoms with Gasteiger partial charge in [-0.15, -0.1) is 12.4 Å². The van der Waals surface area contributed by atoms with E-state index in [1.807, 2.05) is 0 Å². The number of hydrogen-bond donors (Lipinski definition) is 2. The molecule has 0 aromatic carbocycles. The molecular weight excluding hydrogens is 248 g/mol. The summed E-state index contributed by atoms with van der Waals surface area (Å²) < 4.78 is 0. The first-order valence-corrected chi connectivity index (χ1v) is 7.34. The number of nitrogens with one attached hydrogen (secondary N) is 2. The van der Waals surface area contributed by atoms with Gasteiger partial charge < -0.3 is 10.6 Å². The van der Waals surface area contributed by atoms with Crippen molar-refractivity contribution in [3.8, 4) is 0 Å². The maximum Gasteiger partial charge on any atom is 0.220 e. The lowest BCUT2D eigenvalue weighted by molar-refractivity contribution is -0.122. The highest BCUT2D eigenvalue weighted by Gasteiger charge is 2.17. The summed E-state index contributed by atoms with van der Waals surface area (Å²) >= 11 is 0. The van der Waals surface area contributed by atoms with Gasteiger partial charge in [0.2, 0.25) is 5.91 Å². The highest BCUT2D eigenvalue weighted by atomic mass is 35.5. The maximum atomic E-state index is 11.8. The van der Waals surface area contributed by atoms with E-state index in [0.29, 0.717) is 12.0 Å². The summed E-state index contributed by atoms with van der Waals surface area (Å²) in [7, 11) is 0. The molecule has 1 heterocycles. The number of rotatable bonds is 5. The smallest absolute Gasteiger partial charge is 0.220 e. The molecule has 0 spiro atoms. The molecule has 1 saturated carbocycles. The number of carbonyl (C=O) groups excluding carboxylic acids is 1. The third kappa shape index (κ3) is 5.57. The SMILES string of the molecule is Cl.O=C(CC1CCCCC1)NCC[C@H]1CCCN1. The van der Waals surface area contributed by atoms with Crippen LogP contribution in [0.5, 0.6) is 0 Å². The average Bonchev–Trinajstić information content (AvgIpc) is 2.83. The van der Waals surface area contributed by atoms with E-state index in [9.17, 15) is 4.79 Å². The van der Waals surface area contributed by atoms with E-state index >= 15 is 0 Å². The van der Waals surface area contributed by atoms with Crippen LogP contribution < -0.4 is 10.6 Å². The van der Waals surface area contributed by atoms with Crippen molar-refractivity contribution in [2.75, 3.05) is 13.1 Å². The summed E-state index contributed by atoms with van der Waals surface area (Å²) in [5, 5.41) is 6.54. The molecule has 3 nitrogen and oxygen atoms in total.